The average molecular weight is 652 g/mol. The van der Waals surface area contributed by atoms with Gasteiger partial charge in [0.25, 0.3) is 11.5 Å². The maximum Gasteiger partial charge on any atom is 0.351 e. The second-order valence-corrected chi connectivity index (χ2v) is 13.0. The Bertz CT molecular complexity index is 1730. The number of hydrogen-bond donors (Lipinski definition) is 5. The van der Waals surface area contributed by atoms with Crippen molar-refractivity contribution >= 4 is 30.3 Å². The molecule has 0 radical (unpaired) electrons. The molecule has 2 aliphatic rings. The minimum Gasteiger partial charge on any atom is -0.394 e. The lowest BCUT2D eigenvalue weighted by Gasteiger charge is -2.24. The van der Waals surface area contributed by atoms with Crippen LogP contribution < -0.4 is 22.3 Å². The molecule has 16 nitrogen and oxygen atoms in total. The fourth-order valence-electron chi connectivity index (χ4n) is 4.83. The van der Waals surface area contributed by atoms with E-state index in [9.17, 15) is 34.3 Å². The molecule has 1 amide bonds. The summed E-state index contributed by atoms with van der Waals surface area (Å²) < 4.78 is 24.8. The van der Waals surface area contributed by atoms with Crippen LogP contribution in [0.4, 0.5) is 5.82 Å². The van der Waals surface area contributed by atoms with Gasteiger partial charge in [-0.3, -0.25) is 23.7 Å². The lowest BCUT2D eigenvalue weighted by molar-refractivity contribution is -0.0531. The molecule has 7 atom stereocenters. The maximum atomic E-state index is 12.8. The van der Waals surface area contributed by atoms with Gasteiger partial charge in [0.05, 0.1) is 25.4 Å². The van der Waals surface area contributed by atoms with E-state index in [1.165, 1.54) is 25.4 Å². The molecular weight excluding hydrogens is 621 g/mol. The standard InChI is InChI=1S/C26H30N5O11PS/c1-14-11-31(26(37)29-23(14)34)21-9-16(33)19(41-21)13-39-43(38,44)42-17-10-22(40-18(17)12-32)30-8-7-20(28-25(30)36)27-24(35)15-5-3-2-4-6-15/h2-8,11,16-19,21-22,32-33H,9-10,12-13H2,1H3,(H,38,44)(H,29,34,37)(H,27,28,35,36)/t16-,17-,18+,19+,21+,22+,43?/m0/s1. The Morgan fingerprint density at radius 3 is 2.55 bits per heavy atom. The van der Waals surface area contributed by atoms with Crippen molar-refractivity contribution in [1.82, 2.24) is 19.1 Å². The molecule has 18 heteroatoms. The van der Waals surface area contributed by atoms with Crippen LogP contribution in [0.5, 0.6) is 0 Å². The molecule has 1 unspecified atom stereocenters. The van der Waals surface area contributed by atoms with Gasteiger partial charge in [-0.15, -0.1) is 0 Å². The number of H-pyrrole nitrogens is 1. The van der Waals surface area contributed by atoms with E-state index in [0.29, 0.717) is 5.56 Å². The molecule has 0 saturated carbocycles. The highest BCUT2D eigenvalue weighted by atomic mass is 32.5. The Morgan fingerprint density at radius 2 is 1.84 bits per heavy atom. The van der Waals surface area contributed by atoms with Crippen molar-refractivity contribution in [2.75, 3.05) is 18.5 Å². The molecule has 236 valence electrons. The van der Waals surface area contributed by atoms with E-state index in [4.69, 9.17) is 30.3 Å². The number of ether oxygens (including phenoxy) is 2. The zero-order chi connectivity index (χ0) is 31.6. The number of nitrogens with zero attached hydrogens (tertiary/aromatic N) is 3. The van der Waals surface area contributed by atoms with Gasteiger partial charge in [-0.25, -0.2) is 9.59 Å². The number of carbonyl (C=O) groups is 1. The first-order valence-corrected chi connectivity index (χ1v) is 16.1. The van der Waals surface area contributed by atoms with Crippen LogP contribution >= 0.6 is 6.72 Å². The van der Waals surface area contributed by atoms with Crippen LogP contribution in [0, 0.1) is 6.92 Å². The normalized spacial score (nSPS) is 26.4. The van der Waals surface area contributed by atoms with Crippen molar-refractivity contribution < 1.29 is 38.4 Å². The number of rotatable bonds is 10. The number of carbonyl (C=O) groups excluding carboxylic acids is 1. The highest BCUT2D eigenvalue weighted by Gasteiger charge is 2.42. The van der Waals surface area contributed by atoms with E-state index in [2.05, 4.69) is 15.3 Å². The van der Waals surface area contributed by atoms with E-state index >= 15 is 0 Å². The second kappa shape index (κ2) is 13.3. The van der Waals surface area contributed by atoms with Gasteiger partial charge in [0, 0.05) is 36.4 Å². The fraction of sp³-hybridized carbons (Fsp3) is 0.423. The first kappa shape index (κ1) is 32.0. The number of benzene rings is 1. The van der Waals surface area contributed by atoms with Crippen LogP contribution in [-0.4, -0.2) is 77.7 Å². The second-order valence-electron chi connectivity index (χ2n) is 10.2. The van der Waals surface area contributed by atoms with E-state index in [0.717, 1.165) is 9.13 Å². The number of anilines is 1. The lowest BCUT2D eigenvalue weighted by atomic mass is 10.2. The Hall–Kier alpha value is -3.38. The van der Waals surface area contributed by atoms with Gasteiger partial charge in [0.1, 0.15) is 30.5 Å². The Kier molecular flexibility index (Phi) is 9.69. The number of aromatic nitrogens is 4. The van der Waals surface area contributed by atoms with Crippen LogP contribution in [0.25, 0.3) is 0 Å². The third-order valence-electron chi connectivity index (χ3n) is 7.11. The predicted octanol–water partition coefficient (Wildman–Crippen LogP) is -0.0990. The topological polar surface area (TPSA) is 216 Å². The Balaban J connectivity index is 1.18. The molecule has 3 aromatic rings. The maximum absolute atomic E-state index is 12.8. The van der Waals surface area contributed by atoms with E-state index in [1.807, 2.05) is 0 Å². The monoisotopic (exact) mass is 651 g/mol. The van der Waals surface area contributed by atoms with Gasteiger partial charge in [-0.2, -0.15) is 4.98 Å². The highest BCUT2D eigenvalue weighted by Crippen LogP contribution is 2.49. The summed E-state index contributed by atoms with van der Waals surface area (Å²) in [4.78, 5) is 65.8. The minimum absolute atomic E-state index is 0.00997. The largest absolute Gasteiger partial charge is 0.394 e. The molecule has 0 bridgehead atoms. The summed E-state index contributed by atoms with van der Waals surface area (Å²) in [5.74, 6) is -0.413. The minimum atomic E-state index is -3.99. The zero-order valence-corrected chi connectivity index (χ0v) is 24.9. The molecular formula is C26H30N5O11PS. The molecule has 4 heterocycles. The van der Waals surface area contributed by atoms with Crippen LogP contribution in [0.3, 0.4) is 0 Å². The smallest absolute Gasteiger partial charge is 0.351 e. The van der Waals surface area contributed by atoms with Gasteiger partial charge in [0.15, 0.2) is 0 Å². The first-order chi connectivity index (χ1) is 20.9. The molecule has 0 spiro atoms. The summed E-state index contributed by atoms with van der Waals surface area (Å²) in [6.07, 6.45) is -3.17. The number of aryl methyl sites for hydroxylation is 1. The fourth-order valence-corrected chi connectivity index (χ4v) is 6.31. The molecule has 2 aliphatic heterocycles. The summed E-state index contributed by atoms with van der Waals surface area (Å²) in [6, 6.07) is 9.81. The van der Waals surface area contributed by atoms with Gasteiger partial charge in [-0.05, 0) is 36.9 Å². The van der Waals surface area contributed by atoms with Crippen LogP contribution in [0.2, 0.25) is 0 Å². The Morgan fingerprint density at radius 1 is 1.14 bits per heavy atom. The third-order valence-corrected chi connectivity index (χ3v) is 8.70. The number of aromatic amines is 1. The SMILES string of the molecule is Cc1cn([C@H]2C[C@H](O)[C@@H](COP(O)(=S)O[C@H]3C[C@H](n4ccc(NC(=O)c5ccccc5)nc4=O)O[C@@H]3CO)O2)c(=O)[nH]c1=O. The first-order valence-electron chi connectivity index (χ1n) is 13.5. The van der Waals surface area contributed by atoms with Crippen molar-refractivity contribution in [2.24, 2.45) is 0 Å². The van der Waals surface area contributed by atoms with Crippen molar-refractivity contribution in [3.8, 4) is 0 Å². The number of amides is 1. The number of nitrogens with one attached hydrogen (secondary N) is 2. The number of aliphatic hydroxyl groups is 2. The summed E-state index contributed by atoms with van der Waals surface area (Å²) in [5.41, 5.74) is -1.31. The quantitative estimate of drug-likeness (QED) is 0.181. The third kappa shape index (κ3) is 7.28. The van der Waals surface area contributed by atoms with E-state index in [-0.39, 0.29) is 30.8 Å². The summed E-state index contributed by atoms with van der Waals surface area (Å²) in [7, 11) is 0. The van der Waals surface area contributed by atoms with Crippen LogP contribution in [0.1, 0.15) is 41.2 Å². The average Bonchev–Trinajstić information content (AvgIpc) is 3.56. The highest BCUT2D eigenvalue weighted by molar-refractivity contribution is 8.07. The van der Waals surface area contributed by atoms with Crippen molar-refractivity contribution in [3.63, 3.8) is 0 Å². The zero-order valence-electron chi connectivity index (χ0n) is 23.2. The van der Waals surface area contributed by atoms with Crippen molar-refractivity contribution in [3.05, 3.63) is 91.2 Å². The van der Waals surface area contributed by atoms with E-state index in [1.54, 1.807) is 30.3 Å². The molecule has 2 saturated heterocycles. The molecule has 1 aromatic carbocycles. The molecule has 2 fully saturated rings. The predicted molar refractivity (Wildman–Crippen MR) is 156 cm³/mol. The van der Waals surface area contributed by atoms with Crippen LogP contribution in [0.15, 0.2) is 63.2 Å². The van der Waals surface area contributed by atoms with E-state index < -0.39 is 73.0 Å². The molecule has 5 N–H and O–H groups in total. The Labute approximate surface area is 254 Å². The molecule has 5 rings (SSSR count). The van der Waals surface area contributed by atoms with Crippen LogP contribution in [-0.2, 0) is 30.3 Å². The van der Waals surface area contributed by atoms with Gasteiger partial charge >= 0.3 is 18.1 Å². The van der Waals surface area contributed by atoms with Crippen molar-refractivity contribution in [1.29, 1.82) is 0 Å². The number of hydrogen-bond acceptors (Lipinski definition) is 12. The van der Waals surface area contributed by atoms with Crippen molar-refractivity contribution in [2.45, 2.75) is 56.6 Å². The number of aliphatic hydroxyl groups excluding tert-OH is 2. The van der Waals surface area contributed by atoms with Gasteiger partial charge < -0.3 is 38.9 Å². The lowest BCUT2D eigenvalue weighted by Crippen LogP contribution is -2.33. The molecule has 0 aliphatic carbocycles. The van der Waals surface area contributed by atoms with Gasteiger partial charge in [0.2, 0.25) is 0 Å². The summed E-state index contributed by atoms with van der Waals surface area (Å²) in [6.45, 7) is -3.38. The molecule has 2 aromatic heterocycles. The molecule has 44 heavy (non-hydrogen) atoms. The summed E-state index contributed by atoms with van der Waals surface area (Å²) >= 11 is 5.14. The van der Waals surface area contributed by atoms with Gasteiger partial charge in [-0.1, -0.05) is 18.2 Å². The summed E-state index contributed by atoms with van der Waals surface area (Å²) in [5, 5.41) is 22.9.